The smallest absolute Gasteiger partial charge is 0.263 e. The zero-order chi connectivity index (χ0) is 26.8. The first kappa shape index (κ1) is 28.2. The minimum absolute atomic E-state index is 0.00817. The molecule has 2 aromatic carbocycles. The number of ether oxygens (including phenoxy) is 3. The number of nitrogens with one attached hydrogen (secondary N) is 1. The van der Waals surface area contributed by atoms with E-state index < -0.39 is 10.0 Å². The molecule has 0 aliphatic rings. The predicted octanol–water partition coefficient (Wildman–Crippen LogP) is 3.05. The first-order valence-electron chi connectivity index (χ1n) is 11.8. The Bertz CT molecular complexity index is 1250. The molecule has 1 aromatic heterocycles. The molecule has 1 N–H and O–H groups in total. The summed E-state index contributed by atoms with van der Waals surface area (Å²) in [6, 6.07) is 12.0. The first-order valence-corrected chi connectivity index (χ1v) is 13.3. The van der Waals surface area contributed by atoms with E-state index in [2.05, 4.69) is 31.5 Å². The van der Waals surface area contributed by atoms with Crippen molar-refractivity contribution in [3.8, 4) is 17.4 Å². The minimum Gasteiger partial charge on any atom is -0.493 e. The second-order valence-electron chi connectivity index (χ2n) is 8.86. The van der Waals surface area contributed by atoms with Gasteiger partial charge in [0.2, 0.25) is 5.82 Å². The molecule has 0 amide bonds. The summed E-state index contributed by atoms with van der Waals surface area (Å²) in [7, 11) is 3.89. The van der Waals surface area contributed by atoms with Gasteiger partial charge in [-0.25, -0.2) is 18.4 Å². The van der Waals surface area contributed by atoms with Crippen LogP contribution in [0.2, 0.25) is 0 Å². The van der Waals surface area contributed by atoms with Crippen LogP contribution in [0.25, 0.3) is 0 Å². The van der Waals surface area contributed by atoms with Crippen LogP contribution in [0.5, 0.6) is 17.4 Å². The summed E-state index contributed by atoms with van der Waals surface area (Å²) < 4.78 is 45.3. The van der Waals surface area contributed by atoms with Crippen LogP contribution in [0.15, 0.2) is 59.8 Å². The van der Waals surface area contributed by atoms with E-state index in [1.54, 1.807) is 19.2 Å². The third kappa shape index (κ3) is 8.59. The summed E-state index contributed by atoms with van der Waals surface area (Å²) in [6.45, 7) is 5.19. The van der Waals surface area contributed by atoms with E-state index in [0.717, 1.165) is 30.8 Å². The van der Waals surface area contributed by atoms with Crippen LogP contribution >= 0.6 is 0 Å². The Hall–Kier alpha value is -3.41. The summed E-state index contributed by atoms with van der Waals surface area (Å²) in [5.74, 6) is 1.29. The summed E-state index contributed by atoms with van der Waals surface area (Å²) in [5, 5.41) is 0. The van der Waals surface area contributed by atoms with Gasteiger partial charge in [-0.1, -0.05) is 23.8 Å². The Labute approximate surface area is 219 Å². The maximum Gasteiger partial charge on any atom is 0.263 e. The first-order chi connectivity index (χ1) is 17.7. The van der Waals surface area contributed by atoms with Crippen molar-refractivity contribution in [1.29, 1.82) is 0 Å². The second kappa shape index (κ2) is 13.2. The van der Waals surface area contributed by atoms with E-state index in [9.17, 15) is 8.42 Å². The van der Waals surface area contributed by atoms with Crippen LogP contribution in [-0.2, 0) is 16.6 Å². The Morgan fingerprint density at radius 3 is 2.32 bits per heavy atom. The fourth-order valence-electron chi connectivity index (χ4n) is 3.27. The standard InChI is InChI=1S/C26H35N5O5S/c1-20-6-9-22(10-7-20)37(32,33)29-25-26(28-13-12-27-25)36-19-21-8-11-23(34-5)24(18-21)35-17-16-31(4)15-14-30(2)3/h6-13,18H,14-17,19H2,1-5H3,(H,27,29). The molecule has 0 aliphatic carbocycles. The third-order valence-electron chi connectivity index (χ3n) is 5.49. The highest BCUT2D eigenvalue weighted by Gasteiger charge is 2.18. The van der Waals surface area contributed by atoms with E-state index in [-0.39, 0.29) is 23.2 Å². The molecule has 0 aliphatic heterocycles. The lowest BCUT2D eigenvalue weighted by atomic mass is 10.2. The molecule has 200 valence electrons. The number of anilines is 1. The normalized spacial score (nSPS) is 11.5. The Kier molecular flexibility index (Phi) is 10.1. The highest BCUT2D eigenvalue weighted by Crippen LogP contribution is 2.29. The van der Waals surface area contributed by atoms with E-state index in [0.29, 0.717) is 18.1 Å². The minimum atomic E-state index is -3.85. The van der Waals surface area contributed by atoms with Crippen molar-refractivity contribution in [1.82, 2.24) is 19.8 Å². The van der Waals surface area contributed by atoms with Crippen LogP contribution in [0.1, 0.15) is 11.1 Å². The lowest BCUT2D eigenvalue weighted by molar-refractivity contribution is 0.216. The van der Waals surface area contributed by atoms with Gasteiger partial charge in [-0.2, -0.15) is 0 Å². The molecular weight excluding hydrogens is 494 g/mol. The molecule has 0 fully saturated rings. The van der Waals surface area contributed by atoms with Gasteiger partial charge in [0.15, 0.2) is 11.5 Å². The van der Waals surface area contributed by atoms with Crippen molar-refractivity contribution in [3.05, 3.63) is 66.0 Å². The van der Waals surface area contributed by atoms with Crippen molar-refractivity contribution < 1.29 is 22.6 Å². The van der Waals surface area contributed by atoms with Crippen molar-refractivity contribution in [2.75, 3.05) is 59.2 Å². The highest BCUT2D eigenvalue weighted by molar-refractivity contribution is 7.92. The van der Waals surface area contributed by atoms with Gasteiger partial charge in [0.05, 0.1) is 12.0 Å². The highest BCUT2D eigenvalue weighted by atomic mass is 32.2. The number of likely N-dealkylation sites (N-methyl/N-ethyl adjacent to an activating group) is 2. The summed E-state index contributed by atoms with van der Waals surface area (Å²) in [5.41, 5.74) is 1.76. The van der Waals surface area contributed by atoms with E-state index in [4.69, 9.17) is 14.2 Å². The molecule has 11 heteroatoms. The number of sulfonamides is 1. The van der Waals surface area contributed by atoms with Gasteiger partial charge in [0, 0.05) is 32.0 Å². The molecular formula is C26H35N5O5S. The molecule has 3 aromatic rings. The summed E-state index contributed by atoms with van der Waals surface area (Å²) in [4.78, 5) is 12.7. The molecule has 1 heterocycles. The predicted molar refractivity (Wildman–Crippen MR) is 143 cm³/mol. The van der Waals surface area contributed by atoms with Crippen LogP contribution in [0.3, 0.4) is 0 Å². The zero-order valence-corrected chi connectivity index (χ0v) is 22.8. The Balaban J connectivity index is 1.65. The van der Waals surface area contributed by atoms with Crippen molar-refractivity contribution in [2.24, 2.45) is 0 Å². The third-order valence-corrected chi connectivity index (χ3v) is 6.84. The summed E-state index contributed by atoms with van der Waals surface area (Å²) >= 11 is 0. The zero-order valence-electron chi connectivity index (χ0n) is 22.0. The molecule has 3 rings (SSSR count). The number of methoxy groups -OCH3 is 1. The van der Waals surface area contributed by atoms with E-state index in [1.807, 2.05) is 39.2 Å². The van der Waals surface area contributed by atoms with Gasteiger partial charge in [-0.15, -0.1) is 0 Å². The van der Waals surface area contributed by atoms with Gasteiger partial charge >= 0.3 is 0 Å². The van der Waals surface area contributed by atoms with Gasteiger partial charge < -0.3 is 24.0 Å². The fraction of sp³-hybridized carbons (Fsp3) is 0.385. The molecule has 0 atom stereocenters. The fourth-order valence-corrected chi connectivity index (χ4v) is 4.28. The maximum atomic E-state index is 12.8. The molecule has 0 radical (unpaired) electrons. The number of benzene rings is 2. The number of hydrogen-bond acceptors (Lipinski definition) is 9. The SMILES string of the molecule is COc1ccc(COc2nccnc2NS(=O)(=O)c2ccc(C)cc2)cc1OCCN(C)CCN(C)C. The van der Waals surface area contributed by atoms with Crippen molar-refractivity contribution >= 4 is 15.8 Å². The maximum absolute atomic E-state index is 12.8. The number of aryl methyl sites for hydroxylation is 1. The average molecular weight is 530 g/mol. The second-order valence-corrected chi connectivity index (χ2v) is 10.5. The van der Waals surface area contributed by atoms with Gasteiger partial charge in [-0.05, 0) is 57.9 Å². The van der Waals surface area contributed by atoms with E-state index in [1.165, 1.54) is 24.5 Å². The number of rotatable bonds is 14. The van der Waals surface area contributed by atoms with Gasteiger partial charge in [-0.3, -0.25) is 4.72 Å². The monoisotopic (exact) mass is 529 g/mol. The van der Waals surface area contributed by atoms with Crippen LogP contribution in [-0.4, -0.2) is 82.7 Å². The van der Waals surface area contributed by atoms with Gasteiger partial charge in [0.25, 0.3) is 15.9 Å². The largest absolute Gasteiger partial charge is 0.493 e. The molecule has 10 nitrogen and oxygen atoms in total. The van der Waals surface area contributed by atoms with Crippen LogP contribution in [0.4, 0.5) is 5.82 Å². The lowest BCUT2D eigenvalue weighted by Crippen LogP contribution is -2.31. The average Bonchev–Trinajstić information content (AvgIpc) is 2.87. The molecule has 0 saturated heterocycles. The Morgan fingerprint density at radius 1 is 0.892 bits per heavy atom. The lowest BCUT2D eigenvalue weighted by Gasteiger charge is -2.20. The topological polar surface area (TPSA) is 106 Å². The number of hydrogen-bond donors (Lipinski definition) is 1. The molecule has 0 unspecified atom stereocenters. The molecule has 0 saturated carbocycles. The summed E-state index contributed by atoms with van der Waals surface area (Å²) in [6.07, 6.45) is 2.84. The Morgan fingerprint density at radius 2 is 1.62 bits per heavy atom. The van der Waals surface area contributed by atoms with Crippen LogP contribution < -0.4 is 18.9 Å². The van der Waals surface area contributed by atoms with Crippen LogP contribution in [0, 0.1) is 6.92 Å². The van der Waals surface area contributed by atoms with E-state index >= 15 is 0 Å². The number of nitrogens with zero attached hydrogens (tertiary/aromatic N) is 4. The molecule has 37 heavy (non-hydrogen) atoms. The molecule has 0 spiro atoms. The quantitative estimate of drug-likeness (QED) is 0.337. The molecule has 0 bridgehead atoms. The number of aromatic nitrogens is 2. The van der Waals surface area contributed by atoms with Gasteiger partial charge in [0.1, 0.15) is 13.2 Å². The van der Waals surface area contributed by atoms with Crippen molar-refractivity contribution in [3.63, 3.8) is 0 Å². The van der Waals surface area contributed by atoms with Crippen molar-refractivity contribution in [2.45, 2.75) is 18.4 Å².